The largest absolute Gasteiger partial charge is 0.486 e. The highest BCUT2D eigenvalue weighted by Crippen LogP contribution is 2.34. The molecule has 2 aliphatic heterocycles. The fourth-order valence-electron chi connectivity index (χ4n) is 1.85. The van der Waals surface area contributed by atoms with Crippen molar-refractivity contribution in [3.8, 4) is 11.5 Å². The Hall–Kier alpha value is -1.53. The number of carbonyl (C=O) groups is 1. The molecule has 2 aliphatic rings. The fraction of sp³-hybridized carbons (Fsp3) is 0.231. The molecule has 1 fully saturated rings. The molecule has 1 aromatic rings. The Morgan fingerprint density at radius 1 is 1.32 bits per heavy atom. The second-order valence-corrected chi connectivity index (χ2v) is 5.82. The lowest BCUT2D eigenvalue weighted by molar-refractivity contribution is -0.121. The molecule has 0 atom stereocenters. The van der Waals surface area contributed by atoms with E-state index >= 15 is 0 Å². The van der Waals surface area contributed by atoms with Crippen molar-refractivity contribution in [3.05, 3.63) is 28.7 Å². The van der Waals surface area contributed by atoms with Crippen LogP contribution in [-0.4, -0.2) is 35.4 Å². The van der Waals surface area contributed by atoms with Gasteiger partial charge in [0.25, 0.3) is 5.91 Å². The number of nitrogens with zero attached hydrogens (tertiary/aromatic N) is 1. The van der Waals surface area contributed by atoms with Crippen LogP contribution in [0.4, 0.5) is 0 Å². The standard InChI is InChI=1S/C13H11NO3S2/c1-14-12(15)11(19-13(14)18)7-8-2-3-9-10(6-8)17-5-4-16-9/h2-3,6-7H,4-5H2,1H3/b11-7+. The summed E-state index contributed by atoms with van der Waals surface area (Å²) < 4.78 is 11.5. The molecule has 0 bridgehead atoms. The zero-order valence-corrected chi connectivity index (χ0v) is 11.8. The van der Waals surface area contributed by atoms with Crippen molar-refractivity contribution in [2.24, 2.45) is 0 Å². The van der Waals surface area contributed by atoms with Gasteiger partial charge in [0.1, 0.15) is 17.5 Å². The summed E-state index contributed by atoms with van der Waals surface area (Å²) >= 11 is 6.40. The molecule has 1 aromatic carbocycles. The maximum Gasteiger partial charge on any atom is 0.265 e. The summed E-state index contributed by atoms with van der Waals surface area (Å²) in [5.41, 5.74) is 0.901. The molecule has 0 aliphatic carbocycles. The van der Waals surface area contributed by atoms with Crippen LogP contribution in [0.5, 0.6) is 11.5 Å². The first-order chi connectivity index (χ1) is 9.15. The highest BCUT2D eigenvalue weighted by molar-refractivity contribution is 8.26. The number of rotatable bonds is 1. The van der Waals surface area contributed by atoms with E-state index < -0.39 is 0 Å². The Labute approximate surface area is 120 Å². The van der Waals surface area contributed by atoms with Gasteiger partial charge in [0.15, 0.2) is 11.5 Å². The zero-order chi connectivity index (χ0) is 13.4. The maximum absolute atomic E-state index is 11.9. The van der Waals surface area contributed by atoms with Gasteiger partial charge in [-0.2, -0.15) is 0 Å². The Balaban J connectivity index is 1.91. The molecule has 0 spiro atoms. The lowest BCUT2D eigenvalue weighted by Gasteiger charge is -2.18. The minimum atomic E-state index is -0.0649. The number of carbonyl (C=O) groups excluding carboxylic acids is 1. The highest BCUT2D eigenvalue weighted by atomic mass is 32.2. The number of thiocarbonyl (C=S) groups is 1. The van der Waals surface area contributed by atoms with E-state index in [1.165, 1.54) is 16.7 Å². The third-order valence-corrected chi connectivity index (χ3v) is 4.34. The van der Waals surface area contributed by atoms with Crippen LogP contribution in [0.2, 0.25) is 0 Å². The quantitative estimate of drug-likeness (QED) is 0.587. The van der Waals surface area contributed by atoms with Crippen molar-refractivity contribution in [1.82, 2.24) is 4.90 Å². The molecule has 0 unspecified atom stereocenters. The number of hydrogen-bond donors (Lipinski definition) is 0. The molecule has 19 heavy (non-hydrogen) atoms. The number of ether oxygens (including phenoxy) is 2. The smallest absolute Gasteiger partial charge is 0.265 e. The van der Waals surface area contributed by atoms with Crippen LogP contribution in [0.3, 0.4) is 0 Å². The van der Waals surface area contributed by atoms with Crippen LogP contribution in [0.15, 0.2) is 23.1 Å². The minimum absolute atomic E-state index is 0.0649. The lowest BCUT2D eigenvalue weighted by atomic mass is 10.1. The van der Waals surface area contributed by atoms with Crippen molar-refractivity contribution >= 4 is 40.3 Å². The Kier molecular flexibility index (Phi) is 3.20. The summed E-state index contributed by atoms with van der Waals surface area (Å²) in [5.74, 6) is 1.39. The molecular formula is C13H11NO3S2. The van der Waals surface area contributed by atoms with Crippen LogP contribution in [0, 0.1) is 0 Å². The molecule has 3 rings (SSSR count). The summed E-state index contributed by atoms with van der Waals surface area (Å²) in [6.07, 6.45) is 1.82. The molecule has 0 N–H and O–H groups in total. The van der Waals surface area contributed by atoms with Gasteiger partial charge >= 0.3 is 0 Å². The van der Waals surface area contributed by atoms with Gasteiger partial charge in [-0.1, -0.05) is 30.0 Å². The Bertz CT molecular complexity index is 598. The van der Waals surface area contributed by atoms with Gasteiger partial charge in [0, 0.05) is 7.05 Å². The second-order valence-electron chi connectivity index (χ2n) is 4.14. The van der Waals surface area contributed by atoms with Crippen LogP contribution in [-0.2, 0) is 4.79 Å². The number of amides is 1. The second kappa shape index (κ2) is 4.86. The average Bonchev–Trinajstić information content (AvgIpc) is 2.66. The third kappa shape index (κ3) is 2.33. The van der Waals surface area contributed by atoms with E-state index in [1.807, 2.05) is 24.3 Å². The molecule has 4 nitrogen and oxygen atoms in total. The summed E-state index contributed by atoms with van der Waals surface area (Å²) in [5, 5.41) is 0. The first-order valence-electron chi connectivity index (χ1n) is 5.76. The Morgan fingerprint density at radius 2 is 2.05 bits per heavy atom. The van der Waals surface area contributed by atoms with Gasteiger partial charge in [0.2, 0.25) is 0 Å². The molecule has 2 heterocycles. The topological polar surface area (TPSA) is 38.8 Å². The first kappa shape index (κ1) is 12.5. The van der Waals surface area contributed by atoms with E-state index in [1.54, 1.807) is 7.05 Å². The van der Waals surface area contributed by atoms with Gasteiger partial charge in [-0.15, -0.1) is 0 Å². The number of fused-ring (bicyclic) bond motifs is 1. The molecule has 1 saturated heterocycles. The Morgan fingerprint density at radius 3 is 2.74 bits per heavy atom. The monoisotopic (exact) mass is 293 g/mol. The van der Waals surface area contributed by atoms with E-state index in [0.717, 1.165) is 11.3 Å². The van der Waals surface area contributed by atoms with E-state index in [9.17, 15) is 4.79 Å². The molecule has 6 heteroatoms. The number of likely N-dealkylation sites (N-methyl/N-ethyl adjacent to an activating group) is 1. The van der Waals surface area contributed by atoms with Crippen molar-refractivity contribution in [1.29, 1.82) is 0 Å². The van der Waals surface area contributed by atoms with E-state index in [4.69, 9.17) is 21.7 Å². The van der Waals surface area contributed by atoms with E-state index in [2.05, 4.69) is 0 Å². The summed E-state index contributed by atoms with van der Waals surface area (Å²) in [7, 11) is 1.68. The number of benzene rings is 1. The minimum Gasteiger partial charge on any atom is -0.486 e. The predicted molar refractivity (Wildman–Crippen MR) is 78.4 cm³/mol. The van der Waals surface area contributed by atoms with Crippen LogP contribution >= 0.6 is 24.0 Å². The molecular weight excluding hydrogens is 282 g/mol. The van der Waals surface area contributed by atoms with Gasteiger partial charge in [-0.25, -0.2) is 0 Å². The van der Waals surface area contributed by atoms with Gasteiger partial charge < -0.3 is 9.47 Å². The van der Waals surface area contributed by atoms with Crippen molar-refractivity contribution in [3.63, 3.8) is 0 Å². The summed E-state index contributed by atoms with van der Waals surface area (Å²) in [6, 6.07) is 5.62. The molecule has 0 aromatic heterocycles. The van der Waals surface area contributed by atoms with E-state index in [-0.39, 0.29) is 5.91 Å². The number of hydrogen-bond acceptors (Lipinski definition) is 5. The maximum atomic E-state index is 11.9. The van der Waals surface area contributed by atoms with Gasteiger partial charge in [-0.05, 0) is 23.8 Å². The molecule has 1 amide bonds. The lowest BCUT2D eigenvalue weighted by Crippen LogP contribution is -2.22. The normalized spacial score (nSPS) is 20.3. The average molecular weight is 293 g/mol. The highest BCUT2D eigenvalue weighted by Gasteiger charge is 2.28. The van der Waals surface area contributed by atoms with Gasteiger partial charge in [-0.3, -0.25) is 9.69 Å². The van der Waals surface area contributed by atoms with E-state index in [0.29, 0.717) is 28.2 Å². The van der Waals surface area contributed by atoms with Crippen molar-refractivity contribution in [2.75, 3.05) is 20.3 Å². The third-order valence-electron chi connectivity index (χ3n) is 2.85. The molecule has 0 radical (unpaired) electrons. The predicted octanol–water partition coefficient (Wildman–Crippen LogP) is 2.29. The van der Waals surface area contributed by atoms with Crippen LogP contribution in [0.25, 0.3) is 6.08 Å². The van der Waals surface area contributed by atoms with Crippen LogP contribution in [0.1, 0.15) is 5.56 Å². The fourth-order valence-corrected chi connectivity index (χ4v) is 3.03. The molecule has 98 valence electrons. The van der Waals surface area contributed by atoms with Crippen molar-refractivity contribution < 1.29 is 14.3 Å². The van der Waals surface area contributed by atoms with Crippen molar-refractivity contribution in [2.45, 2.75) is 0 Å². The molecule has 0 saturated carbocycles. The zero-order valence-electron chi connectivity index (χ0n) is 10.2. The summed E-state index contributed by atoms with van der Waals surface area (Å²) in [4.78, 5) is 14.0. The SMILES string of the molecule is CN1C(=O)/C(=C\c2ccc3c(c2)OCCO3)SC1=S. The summed E-state index contributed by atoms with van der Waals surface area (Å²) in [6.45, 7) is 1.12. The van der Waals surface area contributed by atoms with Gasteiger partial charge in [0.05, 0.1) is 4.91 Å². The first-order valence-corrected chi connectivity index (χ1v) is 6.99. The van der Waals surface area contributed by atoms with Crippen LogP contribution < -0.4 is 9.47 Å². The number of thioether (sulfide) groups is 1.